The molecule has 0 radical (unpaired) electrons. The fraction of sp³-hybridized carbons (Fsp3) is 0.304. The zero-order valence-corrected chi connectivity index (χ0v) is 19.6. The first-order chi connectivity index (χ1) is 16.4. The number of hydrogen-bond donors (Lipinski definition) is 2. The van der Waals surface area contributed by atoms with E-state index in [9.17, 15) is 30.8 Å². The van der Waals surface area contributed by atoms with Crippen molar-refractivity contribution in [1.82, 2.24) is 14.9 Å². The van der Waals surface area contributed by atoms with Crippen LogP contribution in [0.2, 0.25) is 0 Å². The molecule has 7 nitrogen and oxygen atoms in total. The van der Waals surface area contributed by atoms with E-state index in [4.69, 9.17) is 0 Å². The summed E-state index contributed by atoms with van der Waals surface area (Å²) in [5.41, 5.74) is 1.06. The maximum absolute atomic E-state index is 14.0. The molecule has 0 atom stereocenters. The van der Waals surface area contributed by atoms with Crippen molar-refractivity contribution >= 4 is 27.1 Å². The van der Waals surface area contributed by atoms with Gasteiger partial charge in [0, 0.05) is 30.7 Å². The summed E-state index contributed by atoms with van der Waals surface area (Å²) in [6.07, 6.45) is -3.09. The molecule has 0 unspecified atom stereocenters. The van der Waals surface area contributed by atoms with Gasteiger partial charge in [-0.2, -0.15) is 13.2 Å². The predicted octanol–water partition coefficient (Wildman–Crippen LogP) is 4.69. The molecule has 0 aliphatic carbocycles. The van der Waals surface area contributed by atoms with Crippen LogP contribution in [0.4, 0.5) is 28.9 Å². The normalized spacial score (nSPS) is 14.2. The highest BCUT2D eigenvalue weighted by molar-refractivity contribution is 7.91. The Morgan fingerprint density at radius 1 is 1.20 bits per heavy atom. The van der Waals surface area contributed by atoms with Crippen LogP contribution in [-0.4, -0.2) is 41.0 Å². The number of halogens is 4. The number of hydrogen-bond acceptors (Lipinski definition) is 5. The van der Waals surface area contributed by atoms with Gasteiger partial charge in [-0.25, -0.2) is 17.8 Å². The third-order valence-corrected chi connectivity index (χ3v) is 7.76. The van der Waals surface area contributed by atoms with Crippen LogP contribution in [0.25, 0.3) is 0 Å². The Hall–Kier alpha value is -3.41. The fourth-order valence-corrected chi connectivity index (χ4v) is 4.72. The summed E-state index contributed by atoms with van der Waals surface area (Å²) in [4.78, 5) is 21.0. The maximum Gasteiger partial charge on any atom is 0.419 e. The number of aromatic nitrogens is 2. The molecule has 12 heteroatoms. The number of anilines is 2. The van der Waals surface area contributed by atoms with E-state index < -0.39 is 38.6 Å². The Morgan fingerprint density at radius 3 is 2.60 bits per heavy atom. The van der Waals surface area contributed by atoms with Gasteiger partial charge in [0.15, 0.2) is 0 Å². The number of benzene rings is 2. The van der Waals surface area contributed by atoms with E-state index in [0.717, 1.165) is 23.3 Å². The highest BCUT2D eigenvalue weighted by atomic mass is 32.2. The zero-order chi connectivity index (χ0) is 25.5. The molecule has 0 fully saturated rings. The summed E-state index contributed by atoms with van der Waals surface area (Å²) in [5.74, 6) is -1.80. The highest BCUT2D eigenvalue weighted by Crippen LogP contribution is 2.34. The molecule has 0 saturated carbocycles. The molecule has 35 heavy (non-hydrogen) atoms. The fourth-order valence-electron chi connectivity index (χ4n) is 3.82. The maximum atomic E-state index is 14.0. The molecule has 2 N–H and O–H groups in total. The summed E-state index contributed by atoms with van der Waals surface area (Å²) in [6, 6.07) is 7.89. The van der Waals surface area contributed by atoms with Gasteiger partial charge in [-0.05, 0) is 55.7 Å². The van der Waals surface area contributed by atoms with Crippen molar-refractivity contribution in [2.45, 2.75) is 43.4 Å². The molecule has 0 bridgehead atoms. The van der Waals surface area contributed by atoms with Crippen LogP contribution in [0.15, 0.2) is 47.8 Å². The third-order valence-electron chi connectivity index (χ3n) is 5.77. The van der Waals surface area contributed by atoms with Crippen LogP contribution in [0.3, 0.4) is 0 Å². The average molecular weight is 511 g/mol. The van der Waals surface area contributed by atoms with Gasteiger partial charge in [-0.15, -0.1) is 0 Å². The second kappa shape index (κ2) is 8.99. The smallest absolute Gasteiger partial charge is 0.355 e. The van der Waals surface area contributed by atoms with E-state index in [-0.39, 0.29) is 23.1 Å². The lowest BCUT2D eigenvalue weighted by atomic mass is 9.97. The van der Waals surface area contributed by atoms with Gasteiger partial charge < -0.3 is 15.2 Å². The zero-order valence-electron chi connectivity index (χ0n) is 18.8. The van der Waals surface area contributed by atoms with Crippen LogP contribution in [0, 0.1) is 5.82 Å². The molecule has 0 spiro atoms. The van der Waals surface area contributed by atoms with Gasteiger partial charge in [-0.3, -0.25) is 4.79 Å². The third kappa shape index (κ3) is 4.88. The summed E-state index contributed by atoms with van der Waals surface area (Å²) in [7, 11) is -3.65. The van der Waals surface area contributed by atoms with Crippen LogP contribution in [0.5, 0.6) is 0 Å². The molecule has 0 saturated heterocycles. The van der Waals surface area contributed by atoms with Crippen molar-refractivity contribution in [3.8, 4) is 0 Å². The molecule has 4 rings (SSSR count). The first-order valence-corrected chi connectivity index (χ1v) is 12.3. The van der Waals surface area contributed by atoms with E-state index in [1.165, 1.54) is 24.9 Å². The summed E-state index contributed by atoms with van der Waals surface area (Å²) in [6.45, 7) is 3.58. The van der Waals surface area contributed by atoms with Crippen molar-refractivity contribution in [1.29, 1.82) is 0 Å². The number of carbonyl (C=O) groups is 1. The Balaban J connectivity index is 1.52. The molecule has 3 aromatic rings. The van der Waals surface area contributed by atoms with Crippen molar-refractivity contribution in [2.24, 2.45) is 0 Å². The summed E-state index contributed by atoms with van der Waals surface area (Å²) in [5, 5.41) is 2.01. The monoisotopic (exact) mass is 510 g/mol. The number of sulfone groups is 1. The van der Waals surface area contributed by atoms with Crippen molar-refractivity contribution in [3.05, 3.63) is 70.8 Å². The lowest BCUT2D eigenvalue weighted by molar-refractivity contribution is -0.139. The SMILES string of the molecule is CC(C)S(=O)(=O)c1nc(C(=O)N2CCc3c(cccc3Nc3ccc(C(F)(F)F)c(F)c3)C2)c[nH]1. The molecule has 1 aromatic heterocycles. The quantitative estimate of drug-likeness (QED) is 0.486. The molecule has 1 aliphatic heterocycles. The number of nitrogens with one attached hydrogen (secondary N) is 2. The number of aromatic amines is 1. The molecule has 1 amide bonds. The lowest BCUT2D eigenvalue weighted by Gasteiger charge is -2.30. The van der Waals surface area contributed by atoms with Gasteiger partial charge in [0.1, 0.15) is 11.5 Å². The Morgan fingerprint density at radius 2 is 1.94 bits per heavy atom. The average Bonchev–Trinajstić information content (AvgIpc) is 3.28. The molecule has 2 aromatic carbocycles. The van der Waals surface area contributed by atoms with Crippen molar-refractivity contribution in [2.75, 3.05) is 11.9 Å². The molecular formula is C23H22F4N4O3S. The number of nitrogens with zero attached hydrogens (tertiary/aromatic N) is 2. The number of fused-ring (bicyclic) bond motifs is 1. The minimum absolute atomic E-state index is 0.0119. The number of amides is 1. The van der Waals surface area contributed by atoms with Crippen LogP contribution >= 0.6 is 0 Å². The van der Waals surface area contributed by atoms with Crippen LogP contribution in [0.1, 0.15) is 41.0 Å². The first-order valence-electron chi connectivity index (χ1n) is 10.7. The van der Waals surface area contributed by atoms with E-state index in [1.54, 1.807) is 12.1 Å². The number of H-pyrrole nitrogens is 1. The standard InChI is InChI=1S/C23H22F4N4O3S/c1-13(2)35(33,34)22-28-11-20(30-22)21(32)31-9-8-16-14(12-31)4-3-5-19(16)29-15-6-7-17(18(24)10-15)23(25,26)27/h3-7,10-11,13,29H,8-9,12H2,1-2H3,(H,28,30). The largest absolute Gasteiger partial charge is 0.419 e. The number of alkyl halides is 3. The first kappa shape index (κ1) is 24.7. The minimum Gasteiger partial charge on any atom is -0.355 e. The van der Waals surface area contributed by atoms with Crippen LogP contribution < -0.4 is 5.32 Å². The van der Waals surface area contributed by atoms with E-state index in [1.807, 2.05) is 6.07 Å². The Bertz CT molecular complexity index is 1380. The second-order valence-electron chi connectivity index (χ2n) is 8.42. The number of rotatable bonds is 5. The second-order valence-corrected chi connectivity index (χ2v) is 10.8. The highest BCUT2D eigenvalue weighted by Gasteiger charge is 2.34. The van der Waals surface area contributed by atoms with Gasteiger partial charge >= 0.3 is 6.18 Å². The molecular weight excluding hydrogens is 488 g/mol. The topological polar surface area (TPSA) is 95.2 Å². The van der Waals surface area contributed by atoms with Gasteiger partial charge in [0.25, 0.3) is 5.91 Å². The van der Waals surface area contributed by atoms with Crippen LogP contribution in [-0.2, 0) is 29.0 Å². The number of imidazole rings is 1. The predicted molar refractivity (Wildman–Crippen MR) is 120 cm³/mol. The molecule has 186 valence electrons. The van der Waals surface area contributed by atoms with Gasteiger partial charge in [0.05, 0.1) is 10.8 Å². The van der Waals surface area contributed by atoms with E-state index >= 15 is 0 Å². The lowest BCUT2D eigenvalue weighted by Crippen LogP contribution is -2.36. The van der Waals surface area contributed by atoms with Crippen molar-refractivity contribution in [3.63, 3.8) is 0 Å². The molecule has 1 aliphatic rings. The van der Waals surface area contributed by atoms with Gasteiger partial charge in [-0.1, -0.05) is 12.1 Å². The van der Waals surface area contributed by atoms with Gasteiger partial charge in [0.2, 0.25) is 15.0 Å². The minimum atomic E-state index is -4.78. The molecule has 2 heterocycles. The Labute approximate surface area is 199 Å². The van der Waals surface area contributed by atoms with E-state index in [2.05, 4.69) is 15.3 Å². The summed E-state index contributed by atoms with van der Waals surface area (Å²) < 4.78 is 77.0. The van der Waals surface area contributed by atoms with Crippen molar-refractivity contribution < 1.29 is 30.8 Å². The summed E-state index contributed by atoms with van der Waals surface area (Å²) >= 11 is 0. The Kier molecular flexibility index (Phi) is 6.34. The van der Waals surface area contributed by atoms with E-state index in [0.29, 0.717) is 24.7 Å². The number of carbonyl (C=O) groups excluding carboxylic acids is 1.